The molecule has 0 atom stereocenters. The van der Waals surface area contributed by atoms with Crippen molar-refractivity contribution in [3.8, 4) is 0 Å². The molecule has 3 rings (SSSR count). The van der Waals surface area contributed by atoms with Crippen LogP contribution in [0.5, 0.6) is 0 Å². The number of carboxylic acids is 1. The van der Waals surface area contributed by atoms with Crippen LogP contribution in [0.2, 0.25) is 0 Å². The minimum absolute atomic E-state index is 0.180. The predicted octanol–water partition coefficient (Wildman–Crippen LogP) is 4.73. The van der Waals surface area contributed by atoms with Crippen molar-refractivity contribution in [3.63, 3.8) is 0 Å². The van der Waals surface area contributed by atoms with E-state index in [4.69, 9.17) is 0 Å². The number of nitrogens with zero attached hydrogens (tertiary/aromatic N) is 2. The first kappa shape index (κ1) is 16.9. The van der Waals surface area contributed by atoms with Crippen molar-refractivity contribution in [2.75, 3.05) is 10.6 Å². The zero-order valence-corrected chi connectivity index (χ0v) is 14.9. The zero-order chi connectivity index (χ0) is 17.8. The molecule has 0 aliphatic rings. The first-order valence-corrected chi connectivity index (χ1v) is 8.28. The summed E-state index contributed by atoms with van der Waals surface area (Å²) in [4.78, 5) is 19.9. The van der Waals surface area contributed by atoms with Crippen LogP contribution < -0.4 is 10.6 Å². The number of carbonyl (C=O) groups is 1. The lowest BCUT2D eigenvalue weighted by Gasteiger charge is -2.11. The number of hydrogen-bond acceptors (Lipinski definition) is 5. The summed E-state index contributed by atoms with van der Waals surface area (Å²) >= 11 is 3.43. The van der Waals surface area contributed by atoms with E-state index in [9.17, 15) is 9.90 Å². The SMILES string of the molecule is Cc1cc(Br)ccc1Nc1nccc(Nc2ccccc2C(=O)O)n1. The molecule has 3 aromatic rings. The molecule has 2 aromatic carbocycles. The first-order chi connectivity index (χ1) is 12.0. The van der Waals surface area contributed by atoms with Gasteiger partial charge in [0.25, 0.3) is 0 Å². The number of carboxylic acid groups (broad SMARTS) is 1. The minimum Gasteiger partial charge on any atom is -0.478 e. The number of nitrogens with one attached hydrogen (secondary N) is 2. The Morgan fingerprint density at radius 3 is 2.64 bits per heavy atom. The highest BCUT2D eigenvalue weighted by atomic mass is 79.9. The van der Waals surface area contributed by atoms with Gasteiger partial charge in [-0.15, -0.1) is 0 Å². The third-order valence-corrected chi connectivity index (χ3v) is 4.00. The number of hydrogen-bond donors (Lipinski definition) is 3. The molecule has 0 saturated heterocycles. The normalized spacial score (nSPS) is 10.3. The van der Waals surface area contributed by atoms with Gasteiger partial charge in [0, 0.05) is 16.4 Å². The van der Waals surface area contributed by atoms with Gasteiger partial charge in [-0.2, -0.15) is 4.98 Å². The van der Waals surface area contributed by atoms with Crippen LogP contribution in [0.1, 0.15) is 15.9 Å². The van der Waals surface area contributed by atoms with E-state index in [1.807, 2.05) is 25.1 Å². The van der Waals surface area contributed by atoms with Gasteiger partial charge in [-0.1, -0.05) is 28.1 Å². The second-order valence-electron chi connectivity index (χ2n) is 5.33. The van der Waals surface area contributed by atoms with E-state index in [1.165, 1.54) is 6.07 Å². The number of aromatic carboxylic acids is 1. The number of anilines is 4. The van der Waals surface area contributed by atoms with Crippen LogP contribution in [0, 0.1) is 6.92 Å². The van der Waals surface area contributed by atoms with Gasteiger partial charge >= 0.3 is 5.97 Å². The van der Waals surface area contributed by atoms with Crippen LogP contribution in [-0.4, -0.2) is 21.0 Å². The molecule has 126 valence electrons. The van der Waals surface area contributed by atoms with Crippen LogP contribution >= 0.6 is 15.9 Å². The second-order valence-corrected chi connectivity index (χ2v) is 6.24. The van der Waals surface area contributed by atoms with E-state index >= 15 is 0 Å². The van der Waals surface area contributed by atoms with Crippen LogP contribution in [0.3, 0.4) is 0 Å². The fraction of sp³-hybridized carbons (Fsp3) is 0.0556. The van der Waals surface area contributed by atoms with Crippen molar-refractivity contribution in [2.24, 2.45) is 0 Å². The van der Waals surface area contributed by atoms with Crippen LogP contribution in [0.15, 0.2) is 59.2 Å². The van der Waals surface area contributed by atoms with Crippen molar-refractivity contribution in [1.82, 2.24) is 9.97 Å². The molecule has 0 bridgehead atoms. The van der Waals surface area contributed by atoms with Gasteiger partial charge in [0.05, 0.1) is 11.3 Å². The summed E-state index contributed by atoms with van der Waals surface area (Å²) in [6.07, 6.45) is 1.61. The average Bonchev–Trinajstić information content (AvgIpc) is 2.58. The van der Waals surface area contributed by atoms with Gasteiger partial charge in [0.2, 0.25) is 5.95 Å². The molecule has 0 aliphatic carbocycles. The molecule has 3 N–H and O–H groups in total. The van der Waals surface area contributed by atoms with Crippen molar-refractivity contribution in [1.29, 1.82) is 0 Å². The topological polar surface area (TPSA) is 87.1 Å². The maximum Gasteiger partial charge on any atom is 0.337 e. The van der Waals surface area contributed by atoms with E-state index in [1.54, 1.807) is 30.5 Å². The number of aromatic nitrogens is 2. The molecule has 6 nitrogen and oxygen atoms in total. The maximum atomic E-state index is 11.3. The lowest BCUT2D eigenvalue weighted by atomic mass is 10.2. The maximum absolute atomic E-state index is 11.3. The van der Waals surface area contributed by atoms with Gasteiger partial charge in [0.1, 0.15) is 5.82 Å². The van der Waals surface area contributed by atoms with Crippen LogP contribution in [-0.2, 0) is 0 Å². The van der Waals surface area contributed by atoms with Gasteiger partial charge in [-0.05, 0) is 48.9 Å². The van der Waals surface area contributed by atoms with Gasteiger partial charge in [-0.3, -0.25) is 0 Å². The summed E-state index contributed by atoms with van der Waals surface area (Å²) in [5.41, 5.74) is 2.60. The Kier molecular flexibility index (Phi) is 4.95. The van der Waals surface area contributed by atoms with Crippen LogP contribution in [0.4, 0.5) is 23.1 Å². The number of para-hydroxylation sites is 1. The summed E-state index contributed by atoms with van der Waals surface area (Å²) < 4.78 is 0.997. The summed E-state index contributed by atoms with van der Waals surface area (Å²) in [7, 11) is 0. The Balaban J connectivity index is 1.84. The Hall–Kier alpha value is -2.93. The van der Waals surface area contributed by atoms with E-state index in [0.29, 0.717) is 17.5 Å². The summed E-state index contributed by atoms with van der Waals surface area (Å²) in [5, 5.41) is 15.4. The smallest absolute Gasteiger partial charge is 0.337 e. The molecule has 7 heteroatoms. The fourth-order valence-electron chi connectivity index (χ4n) is 2.29. The molecule has 0 spiro atoms. The molecule has 25 heavy (non-hydrogen) atoms. The van der Waals surface area contributed by atoms with Gasteiger partial charge < -0.3 is 15.7 Å². The molecule has 1 aromatic heterocycles. The van der Waals surface area contributed by atoms with Crippen molar-refractivity contribution >= 4 is 45.0 Å². The molecule has 0 unspecified atom stereocenters. The molecule has 0 radical (unpaired) electrons. The standard InChI is InChI=1S/C18H15BrN4O2/c1-11-10-12(19)6-7-14(11)22-18-20-9-8-16(23-18)21-15-5-3-2-4-13(15)17(24)25/h2-10H,1H3,(H,24,25)(H2,20,21,22,23). The average molecular weight is 399 g/mol. The number of halogens is 1. The molecule has 0 aliphatic heterocycles. The summed E-state index contributed by atoms with van der Waals surface area (Å²) in [6.45, 7) is 1.98. The minimum atomic E-state index is -0.999. The molecule has 1 heterocycles. The quantitative estimate of drug-likeness (QED) is 0.575. The molecule has 0 fully saturated rings. The highest BCUT2D eigenvalue weighted by Crippen LogP contribution is 2.24. The number of rotatable bonds is 5. The van der Waals surface area contributed by atoms with E-state index in [-0.39, 0.29) is 5.56 Å². The predicted molar refractivity (Wildman–Crippen MR) is 101 cm³/mol. The third kappa shape index (κ3) is 4.13. The lowest BCUT2D eigenvalue weighted by molar-refractivity contribution is 0.0698. The van der Waals surface area contributed by atoms with E-state index in [0.717, 1.165) is 15.7 Å². The highest BCUT2D eigenvalue weighted by Gasteiger charge is 2.10. The Labute approximate surface area is 153 Å². The monoisotopic (exact) mass is 398 g/mol. The third-order valence-electron chi connectivity index (χ3n) is 3.51. The molecular weight excluding hydrogens is 384 g/mol. The summed E-state index contributed by atoms with van der Waals surface area (Å²) in [6, 6.07) is 14.2. The van der Waals surface area contributed by atoms with E-state index in [2.05, 4.69) is 36.5 Å². The Bertz CT molecular complexity index is 930. The van der Waals surface area contributed by atoms with Gasteiger partial charge in [0.15, 0.2) is 0 Å². The number of aryl methyl sites for hydroxylation is 1. The highest BCUT2D eigenvalue weighted by molar-refractivity contribution is 9.10. The fourth-order valence-corrected chi connectivity index (χ4v) is 2.77. The summed E-state index contributed by atoms with van der Waals surface area (Å²) in [5.74, 6) is -0.0785. The van der Waals surface area contributed by atoms with Crippen molar-refractivity contribution in [2.45, 2.75) is 6.92 Å². The molecule has 0 saturated carbocycles. The second kappa shape index (κ2) is 7.31. The molecular formula is C18H15BrN4O2. The Morgan fingerprint density at radius 1 is 1.08 bits per heavy atom. The number of benzene rings is 2. The van der Waals surface area contributed by atoms with E-state index < -0.39 is 5.97 Å². The first-order valence-electron chi connectivity index (χ1n) is 7.48. The van der Waals surface area contributed by atoms with Crippen LogP contribution in [0.25, 0.3) is 0 Å². The lowest BCUT2D eigenvalue weighted by Crippen LogP contribution is -2.05. The Morgan fingerprint density at radius 2 is 1.88 bits per heavy atom. The zero-order valence-electron chi connectivity index (χ0n) is 13.3. The van der Waals surface area contributed by atoms with Crippen molar-refractivity contribution in [3.05, 3.63) is 70.3 Å². The van der Waals surface area contributed by atoms with Crippen molar-refractivity contribution < 1.29 is 9.90 Å². The largest absolute Gasteiger partial charge is 0.478 e. The molecule has 0 amide bonds. The van der Waals surface area contributed by atoms with Gasteiger partial charge in [-0.25, -0.2) is 9.78 Å².